The van der Waals surface area contributed by atoms with Crippen molar-refractivity contribution >= 4 is 0 Å². The summed E-state index contributed by atoms with van der Waals surface area (Å²) in [5.74, 6) is 0.671. The Morgan fingerprint density at radius 3 is 2.50 bits per heavy atom. The smallest absolute Gasteiger partial charge is 0.0915 e. The van der Waals surface area contributed by atoms with Crippen LogP contribution < -0.4 is 0 Å². The zero-order valence-electron chi connectivity index (χ0n) is 12.8. The van der Waals surface area contributed by atoms with E-state index in [0.717, 1.165) is 19.4 Å². The Bertz CT molecular complexity index is 297. The van der Waals surface area contributed by atoms with Gasteiger partial charge in [0.25, 0.3) is 0 Å². The third-order valence-electron chi connectivity index (χ3n) is 5.22. The quantitative estimate of drug-likeness (QED) is 0.682. The van der Waals surface area contributed by atoms with Crippen molar-refractivity contribution in [3.63, 3.8) is 0 Å². The fourth-order valence-electron chi connectivity index (χ4n) is 3.44. The third kappa shape index (κ3) is 3.08. The first kappa shape index (κ1) is 14.3. The predicted molar refractivity (Wildman–Crippen MR) is 74.8 cm³/mol. The molecular weight excluding hydrogens is 224 g/mol. The highest BCUT2D eigenvalue weighted by Crippen LogP contribution is 2.44. The lowest BCUT2D eigenvalue weighted by atomic mass is 9.76. The van der Waals surface area contributed by atoms with Crippen LogP contribution in [0.1, 0.15) is 73.1 Å². The Kier molecular flexibility index (Phi) is 3.81. The first-order chi connectivity index (χ1) is 8.31. The summed E-state index contributed by atoms with van der Waals surface area (Å²) in [6.45, 7) is 12.3. The summed E-state index contributed by atoms with van der Waals surface area (Å²) in [4.78, 5) is 0. The zero-order valence-corrected chi connectivity index (χ0v) is 12.8. The summed E-state index contributed by atoms with van der Waals surface area (Å²) in [6.07, 6.45) is 7.29. The van der Waals surface area contributed by atoms with Crippen molar-refractivity contribution in [3.8, 4) is 0 Å². The molecular formula is C16H30O2. The van der Waals surface area contributed by atoms with Gasteiger partial charge in [-0.25, -0.2) is 0 Å². The maximum absolute atomic E-state index is 6.66. The van der Waals surface area contributed by atoms with Gasteiger partial charge in [-0.05, 0) is 46.0 Å². The maximum atomic E-state index is 6.66. The second kappa shape index (κ2) is 4.79. The van der Waals surface area contributed by atoms with Crippen LogP contribution in [0, 0.1) is 5.92 Å². The first-order valence-electron chi connectivity index (χ1n) is 7.65. The van der Waals surface area contributed by atoms with Crippen LogP contribution in [0.2, 0.25) is 0 Å². The van der Waals surface area contributed by atoms with E-state index in [0.29, 0.717) is 5.92 Å². The van der Waals surface area contributed by atoms with Crippen molar-refractivity contribution in [2.24, 2.45) is 5.92 Å². The normalized spacial score (nSPS) is 43.5. The maximum Gasteiger partial charge on any atom is 0.0915 e. The molecule has 0 radical (unpaired) electrons. The van der Waals surface area contributed by atoms with E-state index in [4.69, 9.17) is 9.47 Å². The van der Waals surface area contributed by atoms with E-state index in [1.807, 2.05) is 0 Å². The van der Waals surface area contributed by atoms with Gasteiger partial charge < -0.3 is 9.47 Å². The highest BCUT2D eigenvalue weighted by atomic mass is 16.6. The molecule has 1 saturated carbocycles. The van der Waals surface area contributed by atoms with E-state index in [1.54, 1.807) is 0 Å². The predicted octanol–water partition coefficient (Wildman–Crippen LogP) is 4.32. The molecule has 1 aliphatic heterocycles. The molecule has 2 fully saturated rings. The Morgan fingerprint density at radius 1 is 1.33 bits per heavy atom. The summed E-state index contributed by atoms with van der Waals surface area (Å²) < 4.78 is 12.2. The van der Waals surface area contributed by atoms with E-state index in [9.17, 15) is 0 Å². The van der Waals surface area contributed by atoms with E-state index < -0.39 is 0 Å². The Hall–Kier alpha value is -0.0800. The Labute approximate surface area is 112 Å². The summed E-state index contributed by atoms with van der Waals surface area (Å²) in [5.41, 5.74) is 0.110. The van der Waals surface area contributed by atoms with Crippen molar-refractivity contribution in [2.45, 2.75) is 89.9 Å². The average molecular weight is 254 g/mol. The molecule has 0 amide bonds. The lowest BCUT2D eigenvalue weighted by molar-refractivity contribution is -0.185. The van der Waals surface area contributed by atoms with Gasteiger partial charge in [-0.3, -0.25) is 0 Å². The third-order valence-corrected chi connectivity index (χ3v) is 5.22. The Balaban J connectivity index is 2.03. The molecule has 1 heterocycles. The van der Waals surface area contributed by atoms with E-state index in [1.165, 1.54) is 25.7 Å². The van der Waals surface area contributed by atoms with Crippen LogP contribution in [0.5, 0.6) is 0 Å². The fourth-order valence-corrected chi connectivity index (χ4v) is 3.44. The molecule has 0 aromatic heterocycles. The Morgan fingerprint density at radius 2 is 2.00 bits per heavy atom. The summed E-state index contributed by atoms with van der Waals surface area (Å²) in [6, 6.07) is 0. The number of hydrogen-bond donors (Lipinski definition) is 0. The van der Waals surface area contributed by atoms with Crippen LogP contribution in [0.25, 0.3) is 0 Å². The topological polar surface area (TPSA) is 21.8 Å². The lowest BCUT2D eigenvalue weighted by Crippen LogP contribution is -2.48. The van der Waals surface area contributed by atoms with Crippen molar-refractivity contribution in [1.29, 1.82) is 0 Å². The SMILES string of the molecule is CCC(C)(CC1(C)CO1)OC1(C)CCCCC1C. The number of hydrogen-bond acceptors (Lipinski definition) is 2. The number of rotatable bonds is 5. The van der Waals surface area contributed by atoms with Crippen LogP contribution in [-0.4, -0.2) is 23.4 Å². The first-order valence-corrected chi connectivity index (χ1v) is 7.65. The molecule has 0 bridgehead atoms. The summed E-state index contributed by atoms with van der Waals surface area (Å²) >= 11 is 0. The molecule has 0 N–H and O–H groups in total. The molecule has 0 aromatic rings. The van der Waals surface area contributed by atoms with Gasteiger partial charge in [0.05, 0.1) is 23.4 Å². The molecule has 0 spiro atoms. The molecule has 2 heteroatoms. The highest BCUT2D eigenvalue weighted by molar-refractivity contribution is 4.97. The monoisotopic (exact) mass is 254 g/mol. The van der Waals surface area contributed by atoms with Crippen LogP contribution in [0.4, 0.5) is 0 Å². The van der Waals surface area contributed by atoms with Crippen LogP contribution in [-0.2, 0) is 9.47 Å². The molecule has 18 heavy (non-hydrogen) atoms. The van der Waals surface area contributed by atoms with Gasteiger partial charge in [0.1, 0.15) is 0 Å². The van der Waals surface area contributed by atoms with E-state index >= 15 is 0 Å². The molecule has 1 saturated heterocycles. The second-order valence-electron chi connectivity index (χ2n) is 7.28. The molecule has 4 unspecified atom stereocenters. The fraction of sp³-hybridized carbons (Fsp3) is 1.00. The van der Waals surface area contributed by atoms with Gasteiger partial charge in [0, 0.05) is 6.42 Å². The minimum Gasteiger partial charge on any atom is -0.370 e. The van der Waals surface area contributed by atoms with E-state index in [-0.39, 0.29) is 16.8 Å². The van der Waals surface area contributed by atoms with Crippen molar-refractivity contribution in [3.05, 3.63) is 0 Å². The van der Waals surface area contributed by atoms with Crippen molar-refractivity contribution in [2.75, 3.05) is 6.61 Å². The van der Waals surface area contributed by atoms with Gasteiger partial charge in [0.2, 0.25) is 0 Å². The minimum absolute atomic E-state index is 0.0361. The largest absolute Gasteiger partial charge is 0.370 e. The van der Waals surface area contributed by atoms with E-state index in [2.05, 4.69) is 34.6 Å². The van der Waals surface area contributed by atoms with Crippen LogP contribution in [0.3, 0.4) is 0 Å². The minimum atomic E-state index is -0.0361. The van der Waals surface area contributed by atoms with Crippen molar-refractivity contribution < 1.29 is 9.47 Å². The van der Waals surface area contributed by atoms with Gasteiger partial charge in [0.15, 0.2) is 0 Å². The van der Waals surface area contributed by atoms with Gasteiger partial charge in [-0.1, -0.05) is 26.7 Å². The molecule has 4 atom stereocenters. The lowest BCUT2D eigenvalue weighted by Gasteiger charge is -2.46. The molecule has 1 aliphatic carbocycles. The second-order valence-corrected chi connectivity index (χ2v) is 7.28. The highest BCUT2D eigenvalue weighted by Gasteiger charge is 2.48. The molecule has 0 aromatic carbocycles. The summed E-state index contributed by atoms with van der Waals surface area (Å²) in [7, 11) is 0. The van der Waals surface area contributed by atoms with Crippen LogP contribution in [0.15, 0.2) is 0 Å². The zero-order chi connectivity index (χ0) is 13.4. The number of ether oxygens (including phenoxy) is 2. The molecule has 2 rings (SSSR count). The van der Waals surface area contributed by atoms with Gasteiger partial charge >= 0.3 is 0 Å². The average Bonchev–Trinajstić information content (AvgIpc) is 3.00. The van der Waals surface area contributed by atoms with Gasteiger partial charge in [-0.15, -0.1) is 0 Å². The molecule has 2 nitrogen and oxygen atoms in total. The van der Waals surface area contributed by atoms with Crippen molar-refractivity contribution in [1.82, 2.24) is 0 Å². The molecule has 2 aliphatic rings. The number of epoxide rings is 1. The van der Waals surface area contributed by atoms with Crippen LogP contribution >= 0.6 is 0 Å². The standard InChI is InChI=1S/C16H30O2/c1-6-14(3,11-15(4)12-17-15)18-16(5)10-8-7-9-13(16)2/h13H,6-12H2,1-5H3. The molecule has 106 valence electrons. The summed E-state index contributed by atoms with van der Waals surface area (Å²) in [5, 5.41) is 0. The van der Waals surface area contributed by atoms with Gasteiger partial charge in [-0.2, -0.15) is 0 Å².